The molecular weight excluding hydrogens is 362 g/mol. The molecule has 1 saturated heterocycles. The zero-order chi connectivity index (χ0) is 20.2. The molecule has 1 heterocycles. The molecule has 0 unspecified atom stereocenters. The van der Waals surface area contributed by atoms with Crippen molar-refractivity contribution >= 4 is 8.32 Å². The smallest absolute Gasteiger partial charge is 0.192 e. The summed E-state index contributed by atoms with van der Waals surface area (Å²) >= 11 is 0. The Morgan fingerprint density at radius 2 is 1.43 bits per heavy atom. The average Bonchev–Trinajstić information content (AvgIpc) is 3.47. The minimum absolute atomic E-state index is 0.214. The maximum absolute atomic E-state index is 6.63. The fourth-order valence-electron chi connectivity index (χ4n) is 3.16. The first-order chi connectivity index (χ1) is 13.3. The van der Waals surface area contributed by atoms with Crippen molar-refractivity contribution in [2.45, 2.75) is 64.1 Å². The van der Waals surface area contributed by atoms with Crippen LogP contribution in [0.15, 0.2) is 60.7 Å². The minimum atomic E-state index is -1.80. The van der Waals surface area contributed by atoms with Gasteiger partial charge in [0.15, 0.2) is 8.32 Å². The zero-order valence-corrected chi connectivity index (χ0v) is 19.0. The molecule has 152 valence electrons. The standard InChI is InChI=1S/C24H35NO2Si/c1-24(2,3)28(4,5)27-18-22(23-19-26-23)25(16-20-12-8-6-9-13-20)17-21-14-10-7-11-15-21/h6-15,22-23H,16-19H2,1-5H3/t22-,23+/m0/s1. The first-order valence-electron chi connectivity index (χ1n) is 10.3. The molecule has 2 atom stereocenters. The highest BCUT2D eigenvalue weighted by Gasteiger charge is 2.42. The third kappa shape index (κ3) is 5.77. The first-order valence-corrected chi connectivity index (χ1v) is 13.2. The van der Waals surface area contributed by atoms with E-state index in [1.807, 2.05) is 0 Å². The number of hydrogen-bond acceptors (Lipinski definition) is 3. The Bertz CT molecular complexity index is 682. The van der Waals surface area contributed by atoms with Crippen LogP contribution in [-0.2, 0) is 22.3 Å². The predicted octanol–water partition coefficient (Wildman–Crippen LogP) is 5.48. The maximum atomic E-state index is 6.63. The molecule has 2 aromatic carbocycles. The zero-order valence-electron chi connectivity index (χ0n) is 18.0. The summed E-state index contributed by atoms with van der Waals surface area (Å²) < 4.78 is 12.4. The van der Waals surface area contributed by atoms with Crippen LogP contribution in [0, 0.1) is 0 Å². The molecular formula is C24H35NO2Si. The second-order valence-electron chi connectivity index (χ2n) is 9.39. The summed E-state index contributed by atoms with van der Waals surface area (Å²) in [5.74, 6) is 0. The van der Waals surface area contributed by atoms with Gasteiger partial charge in [-0.1, -0.05) is 81.4 Å². The number of hydrogen-bond donors (Lipinski definition) is 0. The molecule has 3 nitrogen and oxygen atoms in total. The normalized spacial score (nSPS) is 18.3. The molecule has 1 aliphatic rings. The van der Waals surface area contributed by atoms with Crippen LogP contribution in [-0.4, -0.2) is 38.6 Å². The summed E-state index contributed by atoms with van der Waals surface area (Å²) in [6, 6.07) is 21.7. The largest absolute Gasteiger partial charge is 0.415 e. The van der Waals surface area contributed by atoms with Gasteiger partial charge in [-0.15, -0.1) is 0 Å². The van der Waals surface area contributed by atoms with Crippen molar-refractivity contribution in [3.63, 3.8) is 0 Å². The van der Waals surface area contributed by atoms with E-state index < -0.39 is 8.32 Å². The van der Waals surface area contributed by atoms with E-state index in [9.17, 15) is 0 Å². The van der Waals surface area contributed by atoms with Crippen molar-refractivity contribution in [1.29, 1.82) is 0 Å². The molecule has 4 heteroatoms. The van der Waals surface area contributed by atoms with Crippen LogP contribution >= 0.6 is 0 Å². The maximum Gasteiger partial charge on any atom is 0.192 e. The van der Waals surface area contributed by atoms with Crippen molar-refractivity contribution in [2.24, 2.45) is 0 Å². The SMILES string of the molecule is CC(C)(C)[Si](C)(C)OC[C@@H]([C@H]1CO1)N(Cc1ccccc1)Cc1ccccc1. The lowest BCUT2D eigenvalue weighted by atomic mass is 10.1. The van der Waals surface area contributed by atoms with E-state index >= 15 is 0 Å². The van der Waals surface area contributed by atoms with Crippen LogP contribution in [0.25, 0.3) is 0 Å². The second-order valence-corrected chi connectivity index (χ2v) is 14.2. The van der Waals surface area contributed by atoms with Gasteiger partial charge in [0.05, 0.1) is 25.4 Å². The van der Waals surface area contributed by atoms with Crippen LogP contribution in [0.5, 0.6) is 0 Å². The first kappa shape index (κ1) is 21.3. The second kappa shape index (κ2) is 8.91. The third-order valence-electron chi connectivity index (χ3n) is 6.14. The van der Waals surface area contributed by atoms with Crippen LogP contribution in [0.2, 0.25) is 18.1 Å². The van der Waals surface area contributed by atoms with Gasteiger partial charge in [-0.25, -0.2) is 0 Å². The van der Waals surface area contributed by atoms with Gasteiger partial charge in [-0.3, -0.25) is 4.90 Å². The summed E-state index contributed by atoms with van der Waals surface area (Å²) in [6.45, 7) is 14.9. The number of nitrogens with zero attached hydrogens (tertiary/aromatic N) is 1. The summed E-state index contributed by atoms with van der Waals surface area (Å²) in [5, 5.41) is 0.214. The van der Waals surface area contributed by atoms with E-state index in [1.54, 1.807) is 0 Å². The highest BCUT2D eigenvalue weighted by molar-refractivity contribution is 6.74. The summed E-state index contributed by atoms with van der Waals surface area (Å²) in [4.78, 5) is 2.54. The van der Waals surface area contributed by atoms with Crippen molar-refractivity contribution in [3.05, 3.63) is 71.8 Å². The number of ether oxygens (including phenoxy) is 1. The molecule has 0 aromatic heterocycles. The number of epoxide rings is 1. The van der Waals surface area contributed by atoms with Crippen LogP contribution < -0.4 is 0 Å². The Kier molecular flexibility index (Phi) is 6.76. The van der Waals surface area contributed by atoms with E-state index in [2.05, 4.69) is 99.4 Å². The van der Waals surface area contributed by atoms with Gasteiger partial charge < -0.3 is 9.16 Å². The van der Waals surface area contributed by atoms with Gasteiger partial charge in [0, 0.05) is 13.1 Å². The minimum Gasteiger partial charge on any atom is -0.415 e. The van der Waals surface area contributed by atoms with Crippen molar-refractivity contribution < 1.29 is 9.16 Å². The number of benzene rings is 2. The lowest BCUT2D eigenvalue weighted by Crippen LogP contribution is -2.48. The van der Waals surface area contributed by atoms with Gasteiger partial charge >= 0.3 is 0 Å². The lowest BCUT2D eigenvalue weighted by molar-refractivity contribution is 0.0910. The molecule has 0 aliphatic carbocycles. The molecule has 1 fully saturated rings. The van der Waals surface area contributed by atoms with Crippen LogP contribution in [0.1, 0.15) is 31.9 Å². The van der Waals surface area contributed by atoms with E-state index in [-0.39, 0.29) is 17.2 Å². The highest BCUT2D eigenvalue weighted by atomic mass is 28.4. The van der Waals surface area contributed by atoms with E-state index in [4.69, 9.17) is 9.16 Å². The Balaban J connectivity index is 1.78. The van der Waals surface area contributed by atoms with Gasteiger partial charge in [0.1, 0.15) is 0 Å². The fraction of sp³-hybridized carbons (Fsp3) is 0.500. The Morgan fingerprint density at radius 3 is 1.82 bits per heavy atom. The van der Waals surface area contributed by atoms with Crippen LogP contribution in [0.4, 0.5) is 0 Å². The Hall–Kier alpha value is -1.46. The van der Waals surface area contributed by atoms with Gasteiger partial charge in [-0.05, 0) is 29.3 Å². The van der Waals surface area contributed by atoms with Gasteiger partial charge in [-0.2, -0.15) is 0 Å². The predicted molar refractivity (Wildman–Crippen MR) is 119 cm³/mol. The molecule has 0 amide bonds. The molecule has 0 bridgehead atoms. The van der Waals surface area contributed by atoms with E-state index in [0.29, 0.717) is 0 Å². The summed E-state index contributed by atoms with van der Waals surface area (Å²) in [5.41, 5.74) is 2.66. The third-order valence-corrected chi connectivity index (χ3v) is 10.6. The molecule has 0 N–H and O–H groups in total. The molecule has 0 radical (unpaired) electrons. The topological polar surface area (TPSA) is 25.0 Å². The summed E-state index contributed by atoms with van der Waals surface area (Å²) in [7, 11) is -1.80. The van der Waals surface area contributed by atoms with Crippen molar-refractivity contribution in [1.82, 2.24) is 4.90 Å². The molecule has 2 aromatic rings. The van der Waals surface area contributed by atoms with Crippen molar-refractivity contribution in [3.8, 4) is 0 Å². The molecule has 0 saturated carbocycles. The highest BCUT2D eigenvalue weighted by Crippen LogP contribution is 2.37. The van der Waals surface area contributed by atoms with Crippen LogP contribution in [0.3, 0.4) is 0 Å². The summed E-state index contributed by atoms with van der Waals surface area (Å²) in [6.07, 6.45) is 0.275. The van der Waals surface area contributed by atoms with Gasteiger partial charge in [0.25, 0.3) is 0 Å². The molecule has 1 aliphatic heterocycles. The van der Waals surface area contributed by atoms with E-state index in [1.165, 1.54) is 11.1 Å². The fourth-order valence-corrected chi connectivity index (χ4v) is 4.18. The van der Waals surface area contributed by atoms with Crippen molar-refractivity contribution in [2.75, 3.05) is 13.2 Å². The monoisotopic (exact) mass is 397 g/mol. The number of rotatable bonds is 9. The molecule has 3 rings (SSSR count). The molecule has 28 heavy (non-hydrogen) atoms. The Labute approximate surface area is 171 Å². The van der Waals surface area contributed by atoms with Gasteiger partial charge in [0.2, 0.25) is 0 Å². The van der Waals surface area contributed by atoms with E-state index in [0.717, 1.165) is 26.3 Å². The quantitative estimate of drug-likeness (QED) is 0.414. The average molecular weight is 398 g/mol. The lowest BCUT2D eigenvalue weighted by Gasteiger charge is -2.39. The molecule has 0 spiro atoms. The Morgan fingerprint density at radius 1 is 0.964 bits per heavy atom.